The molecule has 1 heterocycles. The summed E-state index contributed by atoms with van der Waals surface area (Å²) in [4.78, 5) is 15.0. The SMILES string of the molecule is CCCC1CCC(C(=O)OCC)(N2CCNCC2)CC1. The largest absolute Gasteiger partial charge is 0.465 e. The summed E-state index contributed by atoms with van der Waals surface area (Å²) in [5.41, 5.74) is -0.331. The summed E-state index contributed by atoms with van der Waals surface area (Å²) < 4.78 is 5.43. The number of carbonyl (C=O) groups excluding carboxylic acids is 1. The molecule has 2 aliphatic rings. The standard InChI is InChI=1S/C16H30N2O2/c1-3-5-14-6-8-16(9-7-14,15(19)20-4-2)18-12-10-17-11-13-18/h14,17H,3-13H2,1-2H3. The molecular weight excluding hydrogens is 252 g/mol. The summed E-state index contributed by atoms with van der Waals surface area (Å²) in [5, 5.41) is 3.38. The van der Waals surface area contributed by atoms with Crippen LogP contribution in [0.1, 0.15) is 52.4 Å². The van der Waals surface area contributed by atoms with Crippen LogP contribution in [0.5, 0.6) is 0 Å². The monoisotopic (exact) mass is 282 g/mol. The molecule has 2 rings (SSSR count). The molecule has 1 saturated heterocycles. The number of hydrogen-bond acceptors (Lipinski definition) is 4. The third-order valence-electron chi connectivity index (χ3n) is 5.01. The van der Waals surface area contributed by atoms with Gasteiger partial charge in [-0.3, -0.25) is 9.69 Å². The van der Waals surface area contributed by atoms with Crippen molar-refractivity contribution < 1.29 is 9.53 Å². The van der Waals surface area contributed by atoms with Crippen LogP contribution in [0.3, 0.4) is 0 Å². The maximum Gasteiger partial charge on any atom is 0.326 e. The normalized spacial score (nSPS) is 32.0. The number of nitrogens with zero attached hydrogens (tertiary/aromatic N) is 1. The van der Waals surface area contributed by atoms with E-state index in [0.717, 1.165) is 44.9 Å². The van der Waals surface area contributed by atoms with E-state index >= 15 is 0 Å². The summed E-state index contributed by atoms with van der Waals surface area (Å²) in [6.07, 6.45) is 6.88. The number of nitrogens with one attached hydrogen (secondary N) is 1. The van der Waals surface area contributed by atoms with Crippen molar-refractivity contribution in [3.8, 4) is 0 Å². The van der Waals surface area contributed by atoms with Gasteiger partial charge in [0.15, 0.2) is 0 Å². The van der Waals surface area contributed by atoms with Crippen molar-refractivity contribution in [3.63, 3.8) is 0 Å². The number of piperazine rings is 1. The molecule has 0 unspecified atom stereocenters. The molecule has 0 atom stereocenters. The van der Waals surface area contributed by atoms with Crippen LogP contribution in [0.25, 0.3) is 0 Å². The Kier molecular flexibility index (Phi) is 5.85. The summed E-state index contributed by atoms with van der Waals surface area (Å²) in [6, 6.07) is 0. The highest BCUT2D eigenvalue weighted by atomic mass is 16.5. The van der Waals surface area contributed by atoms with E-state index < -0.39 is 0 Å². The Morgan fingerprint density at radius 1 is 1.25 bits per heavy atom. The van der Waals surface area contributed by atoms with E-state index in [1.807, 2.05) is 6.92 Å². The highest BCUT2D eigenvalue weighted by Gasteiger charge is 2.47. The van der Waals surface area contributed by atoms with Gasteiger partial charge in [-0.2, -0.15) is 0 Å². The lowest BCUT2D eigenvalue weighted by atomic mass is 9.74. The fourth-order valence-electron chi connectivity index (χ4n) is 3.86. The van der Waals surface area contributed by atoms with Gasteiger partial charge in [0.05, 0.1) is 6.61 Å². The smallest absolute Gasteiger partial charge is 0.326 e. The summed E-state index contributed by atoms with van der Waals surface area (Å²) in [7, 11) is 0. The lowest BCUT2D eigenvalue weighted by molar-refractivity contribution is -0.162. The predicted octanol–water partition coefficient (Wildman–Crippen LogP) is 2.18. The molecule has 1 N–H and O–H groups in total. The number of carbonyl (C=O) groups is 1. The Morgan fingerprint density at radius 2 is 1.90 bits per heavy atom. The van der Waals surface area contributed by atoms with Gasteiger partial charge in [0.2, 0.25) is 0 Å². The van der Waals surface area contributed by atoms with Crippen molar-refractivity contribution in [1.82, 2.24) is 10.2 Å². The quantitative estimate of drug-likeness (QED) is 0.785. The summed E-state index contributed by atoms with van der Waals surface area (Å²) in [6.45, 7) is 8.56. The Hall–Kier alpha value is -0.610. The molecule has 116 valence electrons. The molecule has 0 aromatic carbocycles. The molecular formula is C16H30N2O2. The van der Waals surface area contributed by atoms with Crippen molar-refractivity contribution in [2.45, 2.75) is 57.9 Å². The van der Waals surface area contributed by atoms with Gasteiger partial charge in [0.25, 0.3) is 0 Å². The molecule has 0 aromatic heterocycles. The molecule has 0 spiro atoms. The number of esters is 1. The molecule has 0 amide bonds. The Balaban J connectivity index is 2.07. The first-order valence-electron chi connectivity index (χ1n) is 8.36. The summed E-state index contributed by atoms with van der Waals surface area (Å²) in [5.74, 6) is 0.835. The van der Waals surface area contributed by atoms with Crippen molar-refractivity contribution in [2.75, 3.05) is 32.8 Å². The van der Waals surface area contributed by atoms with Gasteiger partial charge in [-0.05, 0) is 38.5 Å². The van der Waals surface area contributed by atoms with Crippen LogP contribution in [0.15, 0.2) is 0 Å². The lowest BCUT2D eigenvalue weighted by Gasteiger charge is -2.47. The lowest BCUT2D eigenvalue weighted by Crippen LogP contribution is -2.61. The molecule has 0 radical (unpaired) electrons. The van der Waals surface area contributed by atoms with Crippen LogP contribution in [0.2, 0.25) is 0 Å². The maximum absolute atomic E-state index is 12.6. The highest BCUT2D eigenvalue weighted by Crippen LogP contribution is 2.39. The first-order valence-corrected chi connectivity index (χ1v) is 8.36. The molecule has 1 aliphatic heterocycles. The average Bonchev–Trinajstić information content (AvgIpc) is 2.49. The third kappa shape index (κ3) is 3.34. The molecule has 1 saturated carbocycles. The van der Waals surface area contributed by atoms with Crippen molar-refractivity contribution in [1.29, 1.82) is 0 Å². The minimum absolute atomic E-state index is 0.0249. The van der Waals surface area contributed by atoms with Gasteiger partial charge >= 0.3 is 5.97 Å². The van der Waals surface area contributed by atoms with E-state index in [4.69, 9.17) is 4.74 Å². The van der Waals surface area contributed by atoms with Gasteiger partial charge < -0.3 is 10.1 Å². The second kappa shape index (κ2) is 7.41. The zero-order valence-corrected chi connectivity index (χ0v) is 13.1. The van der Waals surface area contributed by atoms with Crippen LogP contribution in [0, 0.1) is 5.92 Å². The minimum Gasteiger partial charge on any atom is -0.465 e. The van der Waals surface area contributed by atoms with Crippen LogP contribution in [0.4, 0.5) is 0 Å². The predicted molar refractivity (Wildman–Crippen MR) is 80.7 cm³/mol. The fraction of sp³-hybridized carbons (Fsp3) is 0.938. The van der Waals surface area contributed by atoms with Crippen LogP contribution >= 0.6 is 0 Å². The van der Waals surface area contributed by atoms with Gasteiger partial charge in [-0.1, -0.05) is 19.8 Å². The van der Waals surface area contributed by atoms with Crippen molar-refractivity contribution >= 4 is 5.97 Å². The molecule has 0 bridgehead atoms. The number of hydrogen-bond donors (Lipinski definition) is 1. The van der Waals surface area contributed by atoms with Crippen LogP contribution in [-0.4, -0.2) is 49.2 Å². The van der Waals surface area contributed by atoms with E-state index in [9.17, 15) is 4.79 Å². The Morgan fingerprint density at radius 3 is 2.45 bits per heavy atom. The van der Waals surface area contributed by atoms with E-state index in [1.54, 1.807) is 0 Å². The van der Waals surface area contributed by atoms with E-state index in [1.165, 1.54) is 25.7 Å². The zero-order valence-electron chi connectivity index (χ0n) is 13.1. The molecule has 2 fully saturated rings. The van der Waals surface area contributed by atoms with E-state index in [2.05, 4.69) is 17.1 Å². The fourth-order valence-corrected chi connectivity index (χ4v) is 3.86. The van der Waals surface area contributed by atoms with Gasteiger partial charge in [0.1, 0.15) is 5.54 Å². The van der Waals surface area contributed by atoms with E-state index in [0.29, 0.717) is 6.61 Å². The number of rotatable bonds is 5. The maximum atomic E-state index is 12.6. The van der Waals surface area contributed by atoms with Gasteiger partial charge in [-0.15, -0.1) is 0 Å². The van der Waals surface area contributed by atoms with Gasteiger partial charge in [0, 0.05) is 26.2 Å². The topological polar surface area (TPSA) is 41.6 Å². The van der Waals surface area contributed by atoms with Crippen LogP contribution in [-0.2, 0) is 9.53 Å². The van der Waals surface area contributed by atoms with Gasteiger partial charge in [-0.25, -0.2) is 0 Å². The Bertz CT molecular complexity index is 306. The zero-order chi connectivity index (χ0) is 14.4. The first-order chi connectivity index (χ1) is 9.73. The third-order valence-corrected chi connectivity index (χ3v) is 5.01. The van der Waals surface area contributed by atoms with Crippen molar-refractivity contribution in [2.24, 2.45) is 5.92 Å². The molecule has 20 heavy (non-hydrogen) atoms. The molecule has 0 aromatic rings. The second-order valence-electron chi connectivity index (χ2n) is 6.22. The first kappa shape index (κ1) is 15.8. The molecule has 4 nitrogen and oxygen atoms in total. The second-order valence-corrected chi connectivity index (χ2v) is 6.22. The summed E-state index contributed by atoms with van der Waals surface area (Å²) >= 11 is 0. The van der Waals surface area contributed by atoms with Crippen molar-refractivity contribution in [3.05, 3.63) is 0 Å². The van der Waals surface area contributed by atoms with Crippen LogP contribution < -0.4 is 5.32 Å². The van der Waals surface area contributed by atoms with E-state index in [-0.39, 0.29) is 11.5 Å². The molecule has 4 heteroatoms. The average molecular weight is 282 g/mol. The highest BCUT2D eigenvalue weighted by molar-refractivity contribution is 5.81. The Labute approximate surface area is 123 Å². The minimum atomic E-state index is -0.331. The number of ether oxygens (including phenoxy) is 1. The molecule has 1 aliphatic carbocycles.